The molecular weight excluding hydrogens is 2140 g/mol. The Morgan fingerprint density at radius 1 is 0.336 bits per heavy atom. The van der Waals surface area contributed by atoms with Crippen LogP contribution in [0.3, 0.4) is 0 Å². The standard InChI is InChI=1S/C12H15F4N3O4S.2C12H16F3N3O4S.C10H14F2N4O3S.2C10H15FN4O3S.C10H16N4O3S/c1-6-8(9(19(4)17-6)22-10(13)14)12(15,16)24(20,21)7-5-11(2,3)23-18-7;1-6-8(10(18(4)16-6)21-11(14)15)9(13)23(19,20)7-5-12(2,3)22-17-7;1-6-7(10(18(4)16-6)21-11(14)15)5-23(19,20)9-8(13)12(2,3)22-17-9;1-6-8(14-16(4)13-6)10(11,12)20(17,18)7-5-9(2,3)19-15-7;1-6-8(13-15(4)12-6)9(11)19(16,17)7-5-10(2,3)18-14-7;1-6-7(13-15(4)12-6)5-19(16,17)9-8(11)10(2,3)18-14-9;1-7-8(12-14(4)11-7)6-18(15,16)9-5-10(2,3)17-13-9/h10H,5H2,1-4H3;9,11H,5H2,1-4H3;8,11H,5H2,1-4H3;5H2,1-4H3;9H,5H2,1-4H3;8H,5H2,1-4H3;5-6H2,1-4H3. The monoisotopic (exact) mass is 2240 g/mol. The quantitative estimate of drug-likeness (QED) is 0.0641. The Balaban J connectivity index is 0.000000208. The van der Waals surface area contributed by atoms with Crippen LogP contribution in [0.1, 0.15) is 219 Å². The zero-order valence-corrected chi connectivity index (χ0v) is 89.0. The highest BCUT2D eigenvalue weighted by molar-refractivity contribution is 8.08. The highest BCUT2D eigenvalue weighted by atomic mass is 32.2. The summed E-state index contributed by atoms with van der Waals surface area (Å²) in [6.07, 6.45) is -4.14. The number of hydrogen-bond donors (Lipinski definition) is 0. The Kier molecular flexibility index (Phi) is 35.0. The Morgan fingerprint density at radius 3 is 1.00 bits per heavy atom. The molecule has 7 aliphatic heterocycles. The number of aryl methyl sites for hydroxylation is 14. The fourth-order valence-electron chi connectivity index (χ4n) is 13.5. The van der Waals surface area contributed by atoms with Crippen molar-refractivity contribution >= 4 is 104 Å². The van der Waals surface area contributed by atoms with Crippen molar-refractivity contribution in [2.75, 3.05) is 0 Å². The van der Waals surface area contributed by atoms with Crippen molar-refractivity contribution in [3.05, 3.63) is 79.3 Å². The number of alkyl halides is 14. The summed E-state index contributed by atoms with van der Waals surface area (Å²) in [7, 11) is -21.0. The van der Waals surface area contributed by atoms with E-state index < -0.39 is 239 Å². The van der Waals surface area contributed by atoms with Gasteiger partial charge in [0.25, 0.3) is 25.2 Å². The fraction of sp³-hybridized carbons (Fsp3) is 0.684. The second-order valence-corrected chi connectivity index (χ2v) is 51.0. The highest BCUT2D eigenvalue weighted by Gasteiger charge is 2.59. The van der Waals surface area contributed by atoms with Gasteiger partial charge in [-0.15, -0.1) is 0 Å². The molecule has 0 saturated carbocycles. The first-order chi connectivity index (χ1) is 66.1. The van der Waals surface area contributed by atoms with Crippen LogP contribution < -0.4 is 14.2 Å². The maximum Gasteiger partial charge on any atom is 0.396 e. The van der Waals surface area contributed by atoms with Crippen LogP contribution >= 0.6 is 0 Å². The first-order valence-electron chi connectivity index (χ1n) is 42.3. The molecule has 7 aromatic heterocycles. The van der Waals surface area contributed by atoms with Crippen LogP contribution in [-0.2, 0) is 180 Å². The second kappa shape index (κ2) is 42.7. The lowest BCUT2D eigenvalue weighted by atomic mass is 10.1. The maximum atomic E-state index is 14.7. The molecule has 0 radical (unpaired) electrons. The summed E-state index contributed by atoms with van der Waals surface area (Å²) in [6.45, 7) is 21.9. The third-order valence-electron chi connectivity index (χ3n) is 20.8. The van der Waals surface area contributed by atoms with E-state index in [1.165, 1.54) is 107 Å². The van der Waals surface area contributed by atoms with Gasteiger partial charge < -0.3 is 48.1 Å². The topological polar surface area (TPSA) is 594 Å². The molecule has 4 atom stereocenters. The van der Waals surface area contributed by atoms with E-state index in [-0.39, 0.29) is 87.7 Å². The predicted molar refractivity (Wildman–Crippen MR) is 487 cm³/mol. The van der Waals surface area contributed by atoms with Crippen LogP contribution in [0.4, 0.5) is 61.5 Å². The minimum absolute atomic E-state index is 0.0368. The van der Waals surface area contributed by atoms with Crippen molar-refractivity contribution in [3.8, 4) is 17.6 Å². The molecule has 14 rings (SSSR count). The minimum Gasteiger partial charge on any atom is -0.417 e. The van der Waals surface area contributed by atoms with Crippen molar-refractivity contribution in [1.82, 2.24) is 89.3 Å². The third kappa shape index (κ3) is 27.2. The average molecular weight is 2250 g/mol. The number of oxime groups is 7. The molecule has 70 heteroatoms. The summed E-state index contributed by atoms with van der Waals surface area (Å²) in [5.41, 5.74) is -13.2. The van der Waals surface area contributed by atoms with Crippen molar-refractivity contribution in [2.24, 2.45) is 85.4 Å². The van der Waals surface area contributed by atoms with E-state index >= 15 is 0 Å². The van der Waals surface area contributed by atoms with Gasteiger partial charge in [-0.05, 0) is 145 Å². The van der Waals surface area contributed by atoms with E-state index in [1.54, 1.807) is 83.3 Å². The van der Waals surface area contributed by atoms with Gasteiger partial charge in [-0.2, -0.15) is 119 Å². The number of nitrogens with zero attached hydrogens (tertiary/aromatic N) is 25. The van der Waals surface area contributed by atoms with Gasteiger partial charge in [0.15, 0.2) is 54.5 Å². The number of rotatable bonds is 20. The zero-order valence-electron chi connectivity index (χ0n) is 83.3. The van der Waals surface area contributed by atoms with Gasteiger partial charge in [0, 0.05) is 81.4 Å². The summed E-state index contributed by atoms with van der Waals surface area (Å²) in [4.78, 5) is 38.9. The van der Waals surface area contributed by atoms with Crippen LogP contribution in [0.5, 0.6) is 17.6 Å². The van der Waals surface area contributed by atoms with Gasteiger partial charge in [-0.1, -0.05) is 36.1 Å². The maximum absolute atomic E-state index is 14.7. The number of ether oxygens (including phenoxy) is 3. The summed E-state index contributed by atoms with van der Waals surface area (Å²) in [6, 6.07) is 0. The molecular formula is C76H107F14N25O24S7. The highest BCUT2D eigenvalue weighted by Crippen LogP contribution is 2.47. The van der Waals surface area contributed by atoms with Gasteiger partial charge in [-0.25, -0.2) is 90.5 Å². The third-order valence-corrected chi connectivity index (χ3v) is 32.3. The molecule has 14 heterocycles. The first-order valence-corrected chi connectivity index (χ1v) is 53.3. The van der Waals surface area contributed by atoms with Gasteiger partial charge in [0.1, 0.15) is 62.2 Å². The van der Waals surface area contributed by atoms with Crippen molar-refractivity contribution in [3.63, 3.8) is 0 Å². The van der Waals surface area contributed by atoms with E-state index in [2.05, 4.69) is 106 Å². The minimum atomic E-state index is -5.32. The largest absolute Gasteiger partial charge is 0.417 e. The van der Waals surface area contributed by atoms with Crippen LogP contribution in [-0.4, -0.2) is 255 Å². The van der Waals surface area contributed by atoms with Gasteiger partial charge in [-0.3, -0.25) is 0 Å². The van der Waals surface area contributed by atoms with Crippen LogP contribution in [0.2, 0.25) is 0 Å². The molecule has 0 aromatic carbocycles. The van der Waals surface area contributed by atoms with E-state index in [0.717, 1.165) is 32.9 Å². The fourth-order valence-corrected chi connectivity index (χ4v) is 23.9. The molecule has 4 unspecified atom stereocenters. The molecule has 49 nitrogen and oxygen atoms in total. The lowest BCUT2D eigenvalue weighted by molar-refractivity contribution is -0.0586. The molecule has 820 valence electrons. The first kappa shape index (κ1) is 120. The summed E-state index contributed by atoms with van der Waals surface area (Å²) >= 11 is 0. The summed E-state index contributed by atoms with van der Waals surface area (Å²) in [5, 5.41) is 53.1. The van der Waals surface area contributed by atoms with Gasteiger partial charge >= 0.3 is 30.3 Å². The van der Waals surface area contributed by atoms with Crippen molar-refractivity contribution in [2.45, 2.75) is 288 Å². The number of halogens is 14. The molecule has 0 aliphatic carbocycles. The SMILES string of the molecule is Cc1nn(C)c(OC(F)F)c1C(F)(F)S(=O)(=O)C1=NOC(C)(C)C1.Cc1nn(C)c(OC(F)F)c1C(F)S(=O)(=O)C1=NOC(C)(C)C1.Cc1nn(C)c(OC(F)F)c1CS(=O)(=O)C1=NOC(C)(C)C1F.Cc1nn(C)nc1C(F)(F)S(=O)(=O)C1=NOC(C)(C)C1.Cc1nn(C)nc1C(F)S(=O)(=O)C1=NOC(C)(C)C1.Cc1nn(C)nc1CS(=O)(=O)C1=NOC(C)(C)C1.Cc1nn(C)nc1CS(=O)(=O)C1=NOC(C)(C)C1F. The Labute approximate surface area is 827 Å². The normalized spacial score (nSPS) is 19.4. The van der Waals surface area contributed by atoms with E-state index in [9.17, 15) is 120 Å². The Hall–Kier alpha value is -11.5. The molecule has 7 aliphatic rings. The van der Waals surface area contributed by atoms with E-state index in [0.29, 0.717) is 21.8 Å². The molecule has 7 aromatic rings. The van der Waals surface area contributed by atoms with Crippen LogP contribution in [0, 0.1) is 48.5 Å². The molecule has 0 amide bonds. The summed E-state index contributed by atoms with van der Waals surface area (Å²) < 4.78 is 376. The smallest absolute Gasteiger partial charge is 0.396 e. The zero-order chi connectivity index (χ0) is 111. The van der Waals surface area contributed by atoms with Gasteiger partial charge in [0.2, 0.25) is 82.4 Å². The molecule has 0 fully saturated rings. The number of hydrogen-bond acceptors (Lipinski definition) is 42. The van der Waals surface area contributed by atoms with Crippen LogP contribution in [0.25, 0.3) is 0 Å². The van der Waals surface area contributed by atoms with Crippen LogP contribution in [0.15, 0.2) is 36.1 Å². The number of sulfone groups is 7. The lowest BCUT2D eigenvalue weighted by Crippen LogP contribution is -2.37. The molecule has 146 heavy (non-hydrogen) atoms. The number of aromatic nitrogens is 18. The average Bonchev–Trinajstić information content (AvgIpc) is 1.56. The van der Waals surface area contributed by atoms with Gasteiger partial charge in [0.05, 0.1) is 56.7 Å². The molecule has 0 bridgehead atoms. The predicted octanol–water partition coefficient (Wildman–Crippen LogP) is 9.41. The Bertz CT molecular complexity index is 7170. The molecule has 0 spiro atoms. The summed E-state index contributed by atoms with van der Waals surface area (Å²) in [5.74, 6) is -3.47. The van der Waals surface area contributed by atoms with E-state index in [4.69, 9.17) is 33.9 Å². The van der Waals surface area contributed by atoms with Crippen molar-refractivity contribution in [1.29, 1.82) is 0 Å². The van der Waals surface area contributed by atoms with Crippen molar-refractivity contribution < 1.29 is 168 Å². The molecule has 0 N–H and O–H groups in total. The van der Waals surface area contributed by atoms with E-state index in [1.807, 2.05) is 0 Å². The lowest BCUT2D eigenvalue weighted by Gasteiger charge is -2.18. The Morgan fingerprint density at radius 2 is 0.651 bits per heavy atom. The second-order valence-electron chi connectivity index (χ2n) is 37.2. The molecule has 0 saturated heterocycles.